The Morgan fingerprint density at radius 2 is 1.62 bits per heavy atom. The molecule has 2 fully saturated rings. The molecular formula is C30H41FN2O5S. The maximum atomic E-state index is 13.8. The van der Waals surface area contributed by atoms with Gasteiger partial charge < -0.3 is 19.1 Å². The Labute approximate surface area is 232 Å². The molecule has 0 unspecified atom stereocenters. The molecule has 1 saturated heterocycles. The minimum absolute atomic E-state index is 0.0103. The Bertz CT molecular complexity index is 1230. The largest absolute Gasteiger partial charge is 0.493 e. The second-order valence-corrected chi connectivity index (χ2v) is 12.4. The lowest BCUT2D eigenvalue weighted by molar-refractivity contribution is 0.113. The van der Waals surface area contributed by atoms with Gasteiger partial charge in [-0.1, -0.05) is 12.1 Å². The van der Waals surface area contributed by atoms with Gasteiger partial charge in [0.15, 0.2) is 11.5 Å². The van der Waals surface area contributed by atoms with E-state index in [2.05, 4.69) is 9.62 Å². The van der Waals surface area contributed by atoms with Crippen LogP contribution in [0, 0.1) is 11.7 Å². The summed E-state index contributed by atoms with van der Waals surface area (Å²) in [6.45, 7) is 5.99. The average Bonchev–Trinajstić information content (AvgIpc) is 2.93. The van der Waals surface area contributed by atoms with E-state index in [0.717, 1.165) is 57.2 Å². The van der Waals surface area contributed by atoms with E-state index in [4.69, 9.17) is 14.2 Å². The molecule has 1 N–H and O–H groups in total. The lowest BCUT2D eigenvalue weighted by Gasteiger charge is -2.40. The first-order valence-corrected chi connectivity index (χ1v) is 15.3. The zero-order valence-electron chi connectivity index (χ0n) is 23.4. The summed E-state index contributed by atoms with van der Waals surface area (Å²) in [7, 11) is -0.710. The molecule has 2 aliphatic rings. The van der Waals surface area contributed by atoms with Gasteiger partial charge in [-0.2, -0.15) is 0 Å². The lowest BCUT2D eigenvalue weighted by atomic mass is 9.83. The predicted octanol–water partition coefficient (Wildman–Crippen LogP) is 5.86. The van der Waals surface area contributed by atoms with Crippen molar-refractivity contribution in [2.24, 2.45) is 5.92 Å². The maximum Gasteiger partial charge on any atom is 0.261 e. The van der Waals surface area contributed by atoms with E-state index in [1.54, 1.807) is 12.3 Å². The molecule has 0 spiro atoms. The summed E-state index contributed by atoms with van der Waals surface area (Å²) in [5.74, 6) is 2.00. The molecule has 0 atom stereocenters. The fourth-order valence-corrected chi connectivity index (χ4v) is 6.66. The molecule has 1 heterocycles. The van der Waals surface area contributed by atoms with Crippen molar-refractivity contribution in [3.63, 3.8) is 0 Å². The van der Waals surface area contributed by atoms with Crippen LogP contribution in [0.4, 0.5) is 4.39 Å². The third-order valence-electron chi connectivity index (χ3n) is 7.82. The van der Waals surface area contributed by atoms with Crippen LogP contribution in [0.15, 0.2) is 53.6 Å². The van der Waals surface area contributed by atoms with Crippen LogP contribution >= 0.6 is 0 Å². The third-order valence-corrected chi connectivity index (χ3v) is 9.14. The topological polar surface area (TPSA) is 77.1 Å². The van der Waals surface area contributed by atoms with E-state index in [1.807, 2.05) is 26.0 Å². The van der Waals surface area contributed by atoms with E-state index in [0.29, 0.717) is 35.1 Å². The summed E-state index contributed by atoms with van der Waals surface area (Å²) in [4.78, 5) is 2.73. The molecule has 214 valence electrons. The minimum Gasteiger partial charge on any atom is -0.493 e. The SMILES string of the molecule is COc1ccc(S(=O)(=O)N/C=C/C2CCC(N3CCC(c4ccc(F)cc4OC(C)C)CC3)CC2)cc1OC. The van der Waals surface area contributed by atoms with Crippen LogP contribution in [0.5, 0.6) is 17.2 Å². The highest BCUT2D eigenvalue weighted by Gasteiger charge is 2.30. The number of likely N-dealkylation sites (tertiary alicyclic amines) is 1. The Morgan fingerprint density at radius 3 is 2.26 bits per heavy atom. The van der Waals surface area contributed by atoms with Gasteiger partial charge in [-0.25, -0.2) is 12.8 Å². The Balaban J connectivity index is 1.25. The van der Waals surface area contributed by atoms with Crippen LogP contribution in [-0.4, -0.2) is 52.8 Å². The first-order chi connectivity index (χ1) is 18.7. The first kappa shape index (κ1) is 29.2. The van der Waals surface area contributed by atoms with Crippen molar-refractivity contribution in [1.29, 1.82) is 0 Å². The molecule has 0 radical (unpaired) electrons. The molecule has 39 heavy (non-hydrogen) atoms. The number of methoxy groups -OCH3 is 2. The number of rotatable bonds is 10. The monoisotopic (exact) mass is 560 g/mol. The number of hydrogen-bond donors (Lipinski definition) is 1. The number of benzene rings is 2. The van der Waals surface area contributed by atoms with Gasteiger partial charge in [0.1, 0.15) is 11.6 Å². The highest BCUT2D eigenvalue weighted by atomic mass is 32.2. The number of nitrogens with zero attached hydrogens (tertiary/aromatic N) is 1. The Hall–Kier alpha value is -2.78. The zero-order valence-corrected chi connectivity index (χ0v) is 24.2. The van der Waals surface area contributed by atoms with Crippen LogP contribution < -0.4 is 18.9 Å². The molecule has 0 bridgehead atoms. The van der Waals surface area contributed by atoms with Gasteiger partial charge in [0.05, 0.1) is 25.2 Å². The molecule has 1 saturated carbocycles. The summed E-state index contributed by atoms with van der Waals surface area (Å²) in [5, 5.41) is 0. The van der Waals surface area contributed by atoms with E-state index in [9.17, 15) is 12.8 Å². The summed E-state index contributed by atoms with van der Waals surface area (Å²) >= 11 is 0. The van der Waals surface area contributed by atoms with Gasteiger partial charge >= 0.3 is 0 Å². The molecule has 2 aromatic rings. The fraction of sp³-hybridized carbons (Fsp3) is 0.533. The van der Waals surface area contributed by atoms with E-state index >= 15 is 0 Å². The number of hydrogen-bond acceptors (Lipinski definition) is 6. The summed E-state index contributed by atoms with van der Waals surface area (Å²) in [6, 6.07) is 10.0. The van der Waals surface area contributed by atoms with E-state index in [-0.39, 0.29) is 16.8 Å². The standard InChI is InChI=1S/C30H41FN2O5S/c1-21(2)38-29-19-24(31)7-11-27(29)23-14-17-33(18-15-23)25-8-5-22(6-9-25)13-16-32-39(34,35)26-10-12-28(36-3)30(20-26)37-4/h7,10-13,16,19-23,25,32H,5-6,8-9,14-15,17-18H2,1-4H3/b16-13+. The second-order valence-electron chi connectivity index (χ2n) is 10.7. The molecule has 2 aromatic carbocycles. The van der Waals surface area contributed by atoms with Crippen molar-refractivity contribution in [3.05, 3.63) is 60.1 Å². The van der Waals surface area contributed by atoms with Crippen molar-refractivity contribution in [1.82, 2.24) is 9.62 Å². The molecule has 1 aliphatic carbocycles. The highest BCUT2D eigenvalue weighted by Crippen LogP contribution is 2.38. The first-order valence-electron chi connectivity index (χ1n) is 13.8. The molecule has 0 aromatic heterocycles. The number of halogens is 1. The number of ether oxygens (including phenoxy) is 3. The molecule has 9 heteroatoms. The maximum absolute atomic E-state index is 13.8. The van der Waals surface area contributed by atoms with Crippen LogP contribution in [0.3, 0.4) is 0 Å². The number of sulfonamides is 1. The van der Waals surface area contributed by atoms with Crippen molar-refractivity contribution in [2.45, 2.75) is 75.3 Å². The Kier molecular flexibility index (Phi) is 9.77. The number of nitrogens with one attached hydrogen (secondary N) is 1. The zero-order chi connectivity index (χ0) is 28.0. The van der Waals surface area contributed by atoms with Gasteiger partial charge in [-0.15, -0.1) is 0 Å². The molecule has 7 nitrogen and oxygen atoms in total. The van der Waals surface area contributed by atoms with Crippen molar-refractivity contribution in [3.8, 4) is 17.2 Å². The van der Waals surface area contributed by atoms with Crippen LogP contribution in [0.1, 0.15) is 63.9 Å². The summed E-state index contributed by atoms with van der Waals surface area (Å²) < 4.78 is 58.2. The quantitative estimate of drug-likeness (QED) is 0.392. The fourth-order valence-electron chi connectivity index (χ4n) is 5.75. The van der Waals surface area contributed by atoms with Gasteiger partial charge in [0.2, 0.25) is 0 Å². The third kappa shape index (κ3) is 7.45. The minimum atomic E-state index is -3.70. The number of piperidine rings is 1. The van der Waals surface area contributed by atoms with Crippen LogP contribution in [0.2, 0.25) is 0 Å². The van der Waals surface area contributed by atoms with E-state index in [1.165, 1.54) is 38.5 Å². The van der Waals surface area contributed by atoms with Gasteiger partial charge in [0.25, 0.3) is 10.0 Å². The van der Waals surface area contributed by atoms with Gasteiger partial charge in [-0.05, 0) is 101 Å². The second kappa shape index (κ2) is 13.0. The molecule has 1 aliphatic heterocycles. The van der Waals surface area contributed by atoms with Crippen molar-refractivity contribution >= 4 is 10.0 Å². The average molecular weight is 561 g/mol. The Morgan fingerprint density at radius 1 is 0.923 bits per heavy atom. The smallest absolute Gasteiger partial charge is 0.261 e. The lowest BCUT2D eigenvalue weighted by Crippen LogP contribution is -2.42. The van der Waals surface area contributed by atoms with E-state index < -0.39 is 10.0 Å². The molecule has 0 amide bonds. The summed E-state index contributed by atoms with van der Waals surface area (Å²) in [5.41, 5.74) is 1.12. The number of allylic oxidation sites excluding steroid dienone is 1. The summed E-state index contributed by atoms with van der Waals surface area (Å²) in [6.07, 6.45) is 9.88. The highest BCUT2D eigenvalue weighted by molar-refractivity contribution is 7.89. The van der Waals surface area contributed by atoms with Crippen molar-refractivity contribution < 1.29 is 27.0 Å². The van der Waals surface area contributed by atoms with Crippen molar-refractivity contribution in [2.75, 3.05) is 27.3 Å². The molecule has 4 rings (SSSR count). The van der Waals surface area contributed by atoms with Crippen LogP contribution in [0.25, 0.3) is 0 Å². The van der Waals surface area contributed by atoms with Gasteiger partial charge in [-0.3, -0.25) is 4.72 Å². The van der Waals surface area contributed by atoms with Crippen LogP contribution in [-0.2, 0) is 10.0 Å². The predicted molar refractivity (Wildman–Crippen MR) is 150 cm³/mol. The molecular weight excluding hydrogens is 519 g/mol. The van der Waals surface area contributed by atoms with Gasteiger partial charge in [0, 0.05) is 24.4 Å². The normalized spacial score (nSPS) is 21.3.